The first-order chi connectivity index (χ1) is 14.8. The number of anilines is 1. The first-order valence-electron chi connectivity index (χ1n) is 10.2. The number of aromatic nitrogens is 2. The molecule has 0 unspecified atom stereocenters. The molecule has 0 aliphatic heterocycles. The van der Waals surface area contributed by atoms with Gasteiger partial charge in [0.25, 0.3) is 5.88 Å². The summed E-state index contributed by atoms with van der Waals surface area (Å²) in [5.74, 6) is 0.436. The molecule has 3 rings (SSSR count). The Morgan fingerprint density at radius 2 is 1.94 bits per heavy atom. The van der Waals surface area contributed by atoms with Crippen molar-refractivity contribution in [3.63, 3.8) is 0 Å². The van der Waals surface area contributed by atoms with Crippen molar-refractivity contribution in [3.8, 4) is 5.88 Å². The Bertz CT molecular complexity index is 993. The highest BCUT2D eigenvalue weighted by Gasteiger charge is 2.23. The van der Waals surface area contributed by atoms with Gasteiger partial charge in [0.2, 0.25) is 0 Å². The SMILES string of the molecule is CS(=O)(=O)CCCOc1nn(C2CCC(=O)CC2)cc1NC(=O)OCc1ccccc1. The number of carbonyl (C=O) groups is 2. The lowest BCUT2D eigenvalue weighted by atomic mass is 9.95. The number of nitrogens with zero attached hydrogens (tertiary/aromatic N) is 2. The third-order valence-corrected chi connectivity index (χ3v) is 5.96. The molecular formula is C21H27N3O6S. The van der Waals surface area contributed by atoms with Crippen LogP contribution in [0.2, 0.25) is 0 Å². The Morgan fingerprint density at radius 1 is 1.23 bits per heavy atom. The standard InChI is InChI=1S/C21H27N3O6S/c1-31(27,28)13-5-12-29-20-19(14-24(23-20)17-8-10-18(25)11-9-17)22-21(26)30-15-16-6-3-2-4-7-16/h2-4,6-7,14,17H,5,8-13,15H2,1H3,(H,22,26). The molecule has 1 amide bonds. The van der Waals surface area contributed by atoms with Crippen LogP contribution >= 0.6 is 0 Å². The van der Waals surface area contributed by atoms with E-state index >= 15 is 0 Å². The predicted molar refractivity (Wildman–Crippen MR) is 115 cm³/mol. The van der Waals surface area contributed by atoms with E-state index in [0.29, 0.717) is 37.8 Å². The molecule has 1 aromatic carbocycles. The quantitative estimate of drug-likeness (QED) is 0.585. The zero-order valence-corrected chi connectivity index (χ0v) is 18.3. The number of ketones is 1. The number of amides is 1. The Labute approximate surface area is 181 Å². The fourth-order valence-corrected chi connectivity index (χ4v) is 3.94. The third kappa shape index (κ3) is 7.39. The molecule has 10 heteroatoms. The van der Waals surface area contributed by atoms with E-state index in [9.17, 15) is 18.0 Å². The van der Waals surface area contributed by atoms with Crippen LogP contribution in [0, 0.1) is 0 Å². The maximum atomic E-state index is 12.3. The van der Waals surface area contributed by atoms with Gasteiger partial charge >= 0.3 is 6.09 Å². The molecule has 1 aromatic heterocycles. The van der Waals surface area contributed by atoms with Crippen molar-refractivity contribution in [1.29, 1.82) is 0 Å². The van der Waals surface area contributed by atoms with E-state index in [2.05, 4.69) is 10.4 Å². The van der Waals surface area contributed by atoms with Gasteiger partial charge in [0, 0.05) is 19.1 Å². The van der Waals surface area contributed by atoms with E-state index in [0.717, 1.165) is 5.56 Å². The number of rotatable bonds is 9. The summed E-state index contributed by atoms with van der Waals surface area (Å²) in [7, 11) is -3.09. The fourth-order valence-electron chi connectivity index (χ4n) is 3.30. The van der Waals surface area contributed by atoms with Crippen LogP contribution in [0.25, 0.3) is 0 Å². The van der Waals surface area contributed by atoms with E-state index < -0.39 is 15.9 Å². The molecule has 0 spiro atoms. The third-order valence-electron chi connectivity index (χ3n) is 4.93. The molecular weight excluding hydrogens is 422 g/mol. The summed E-state index contributed by atoms with van der Waals surface area (Å²) in [6, 6.07) is 9.34. The lowest BCUT2D eigenvalue weighted by molar-refractivity contribution is -0.120. The van der Waals surface area contributed by atoms with Gasteiger partial charge < -0.3 is 9.47 Å². The number of nitrogens with one attached hydrogen (secondary N) is 1. The molecule has 1 saturated carbocycles. The normalized spacial score (nSPS) is 14.9. The molecule has 0 saturated heterocycles. The zero-order valence-electron chi connectivity index (χ0n) is 17.5. The van der Waals surface area contributed by atoms with Crippen LogP contribution < -0.4 is 10.1 Å². The summed E-state index contributed by atoms with van der Waals surface area (Å²) >= 11 is 0. The topological polar surface area (TPSA) is 117 Å². The highest BCUT2D eigenvalue weighted by atomic mass is 32.2. The summed E-state index contributed by atoms with van der Waals surface area (Å²) in [5, 5.41) is 7.08. The molecule has 31 heavy (non-hydrogen) atoms. The van der Waals surface area contributed by atoms with Crippen LogP contribution in [0.15, 0.2) is 36.5 Å². The van der Waals surface area contributed by atoms with Crippen LogP contribution in [0.5, 0.6) is 5.88 Å². The van der Waals surface area contributed by atoms with Crippen molar-refractivity contribution in [1.82, 2.24) is 9.78 Å². The van der Waals surface area contributed by atoms with Crippen molar-refractivity contribution < 1.29 is 27.5 Å². The monoisotopic (exact) mass is 449 g/mol. The van der Waals surface area contributed by atoms with Gasteiger partial charge in [-0.05, 0) is 24.8 Å². The second-order valence-corrected chi connectivity index (χ2v) is 9.88. The first kappa shape index (κ1) is 22.8. The number of hydrogen-bond donors (Lipinski definition) is 1. The van der Waals surface area contributed by atoms with Crippen LogP contribution in [0.3, 0.4) is 0 Å². The summed E-state index contributed by atoms with van der Waals surface area (Å²) in [6.45, 7) is 0.261. The highest BCUT2D eigenvalue weighted by molar-refractivity contribution is 7.90. The summed E-state index contributed by atoms with van der Waals surface area (Å²) in [4.78, 5) is 23.8. The van der Waals surface area contributed by atoms with Gasteiger partial charge in [-0.3, -0.25) is 14.8 Å². The summed E-state index contributed by atoms with van der Waals surface area (Å²) < 4.78 is 35.2. The maximum absolute atomic E-state index is 12.3. The molecule has 1 heterocycles. The van der Waals surface area contributed by atoms with Crippen molar-refractivity contribution in [2.75, 3.05) is 23.9 Å². The Hall–Kier alpha value is -2.88. The van der Waals surface area contributed by atoms with E-state index in [1.807, 2.05) is 30.3 Å². The maximum Gasteiger partial charge on any atom is 0.412 e. The molecule has 9 nitrogen and oxygen atoms in total. The van der Waals surface area contributed by atoms with Gasteiger partial charge in [0.05, 0.1) is 24.6 Å². The van der Waals surface area contributed by atoms with E-state index in [1.165, 1.54) is 6.26 Å². The highest BCUT2D eigenvalue weighted by Crippen LogP contribution is 2.31. The van der Waals surface area contributed by atoms with Crippen LogP contribution in [0.1, 0.15) is 43.7 Å². The largest absolute Gasteiger partial charge is 0.475 e. The average molecular weight is 450 g/mol. The molecule has 168 valence electrons. The van der Waals surface area contributed by atoms with Crippen molar-refractivity contribution >= 4 is 27.4 Å². The molecule has 0 bridgehead atoms. The number of hydrogen-bond acceptors (Lipinski definition) is 7. The molecule has 0 radical (unpaired) electrons. The average Bonchev–Trinajstić information content (AvgIpc) is 3.13. The number of ether oxygens (including phenoxy) is 2. The predicted octanol–water partition coefficient (Wildman–Crippen LogP) is 3.13. The van der Waals surface area contributed by atoms with E-state index in [4.69, 9.17) is 9.47 Å². The second-order valence-electron chi connectivity index (χ2n) is 7.62. The second kappa shape index (κ2) is 10.4. The molecule has 1 aliphatic rings. The van der Waals surface area contributed by atoms with Gasteiger partial charge in [-0.25, -0.2) is 13.2 Å². The number of sulfone groups is 1. The Morgan fingerprint density at radius 3 is 2.61 bits per heavy atom. The number of Topliss-reactive ketones (excluding diaryl/α,β-unsaturated/α-hetero) is 1. The number of carbonyl (C=O) groups excluding carboxylic acids is 2. The fraction of sp³-hybridized carbons (Fsp3) is 0.476. The Kier molecular flexibility index (Phi) is 7.67. The van der Waals surface area contributed by atoms with Gasteiger partial charge in [-0.2, -0.15) is 0 Å². The van der Waals surface area contributed by atoms with Crippen LogP contribution in [0.4, 0.5) is 10.5 Å². The number of benzene rings is 1. The molecule has 1 fully saturated rings. The zero-order chi connectivity index (χ0) is 22.3. The molecule has 1 N–H and O–H groups in total. The van der Waals surface area contributed by atoms with Gasteiger partial charge in [0.1, 0.15) is 27.9 Å². The van der Waals surface area contributed by atoms with Gasteiger partial charge in [-0.15, -0.1) is 5.10 Å². The Balaban J connectivity index is 1.64. The van der Waals surface area contributed by atoms with Crippen molar-refractivity contribution in [2.45, 2.75) is 44.8 Å². The van der Waals surface area contributed by atoms with Gasteiger partial charge in [-0.1, -0.05) is 30.3 Å². The van der Waals surface area contributed by atoms with Crippen molar-refractivity contribution in [3.05, 3.63) is 42.1 Å². The lowest BCUT2D eigenvalue weighted by Crippen LogP contribution is -2.18. The van der Waals surface area contributed by atoms with E-state index in [1.54, 1.807) is 10.9 Å². The van der Waals surface area contributed by atoms with E-state index in [-0.39, 0.29) is 36.7 Å². The molecule has 0 atom stereocenters. The molecule has 2 aromatic rings. The van der Waals surface area contributed by atoms with Crippen LogP contribution in [-0.2, 0) is 26.0 Å². The first-order valence-corrected chi connectivity index (χ1v) is 12.3. The van der Waals surface area contributed by atoms with Crippen molar-refractivity contribution in [2.24, 2.45) is 0 Å². The minimum absolute atomic E-state index is 0.000322. The smallest absolute Gasteiger partial charge is 0.412 e. The minimum Gasteiger partial charge on any atom is -0.475 e. The van der Waals surface area contributed by atoms with Gasteiger partial charge in [0.15, 0.2) is 0 Å². The summed E-state index contributed by atoms with van der Waals surface area (Å²) in [6.07, 6.45) is 4.83. The lowest BCUT2D eigenvalue weighted by Gasteiger charge is -2.20. The van der Waals surface area contributed by atoms with Crippen LogP contribution in [-0.4, -0.2) is 48.7 Å². The minimum atomic E-state index is -3.09. The summed E-state index contributed by atoms with van der Waals surface area (Å²) in [5.41, 5.74) is 1.20. The molecule has 1 aliphatic carbocycles.